The number of anilines is 1. The Morgan fingerprint density at radius 2 is 1.96 bits per heavy atom. The van der Waals surface area contributed by atoms with Gasteiger partial charge in [-0.15, -0.1) is 0 Å². The first kappa shape index (κ1) is 17.3. The van der Waals surface area contributed by atoms with Gasteiger partial charge in [0, 0.05) is 5.69 Å². The molecule has 130 valence electrons. The van der Waals surface area contributed by atoms with Crippen LogP contribution in [0.25, 0.3) is 0 Å². The van der Waals surface area contributed by atoms with Crippen molar-refractivity contribution in [2.45, 2.75) is 34.2 Å². The summed E-state index contributed by atoms with van der Waals surface area (Å²) in [7, 11) is 0. The van der Waals surface area contributed by atoms with Gasteiger partial charge in [0.15, 0.2) is 5.76 Å². The Kier molecular flexibility index (Phi) is 4.68. The Morgan fingerprint density at radius 1 is 1.20 bits per heavy atom. The number of furan rings is 1. The number of benzene rings is 1. The molecule has 2 heterocycles. The second-order valence-electron chi connectivity index (χ2n) is 6.18. The fourth-order valence-corrected chi connectivity index (χ4v) is 2.75. The average Bonchev–Trinajstić information content (AvgIpc) is 3.13. The van der Waals surface area contributed by atoms with Crippen LogP contribution < -0.4 is 5.32 Å². The maximum absolute atomic E-state index is 12.4. The number of aryl methyl sites for hydroxylation is 3. The maximum Gasteiger partial charge on any atom is 0.291 e. The highest BCUT2D eigenvalue weighted by atomic mass is 35.5. The van der Waals surface area contributed by atoms with Crippen LogP contribution in [0, 0.1) is 27.7 Å². The van der Waals surface area contributed by atoms with Crippen molar-refractivity contribution in [2.75, 3.05) is 5.32 Å². The van der Waals surface area contributed by atoms with Crippen molar-refractivity contribution in [1.82, 2.24) is 9.78 Å². The highest BCUT2D eigenvalue weighted by Crippen LogP contribution is 2.21. The highest BCUT2D eigenvalue weighted by Gasteiger charge is 2.15. The van der Waals surface area contributed by atoms with Crippen molar-refractivity contribution in [3.8, 4) is 0 Å². The molecule has 2 aromatic heterocycles. The van der Waals surface area contributed by atoms with E-state index < -0.39 is 0 Å². The number of rotatable bonds is 4. The summed E-state index contributed by atoms with van der Waals surface area (Å²) in [6, 6.07) is 9.38. The summed E-state index contributed by atoms with van der Waals surface area (Å²) in [5.74, 6) is 0.642. The standard InChI is InChI=1S/C19H20ClN3O2/c1-11-5-6-12(2)16(9-11)21-19(24)17-8-7-15(25-17)10-23-14(4)18(20)13(3)22-23/h5-9H,10H2,1-4H3,(H,21,24). The molecule has 1 N–H and O–H groups in total. The number of nitrogens with one attached hydrogen (secondary N) is 1. The number of halogens is 1. The van der Waals surface area contributed by atoms with Crippen molar-refractivity contribution in [1.29, 1.82) is 0 Å². The molecule has 1 amide bonds. The van der Waals surface area contributed by atoms with E-state index in [1.807, 2.05) is 45.9 Å². The van der Waals surface area contributed by atoms with E-state index >= 15 is 0 Å². The van der Waals surface area contributed by atoms with Gasteiger partial charge in [-0.3, -0.25) is 9.48 Å². The van der Waals surface area contributed by atoms with E-state index in [1.54, 1.807) is 16.8 Å². The van der Waals surface area contributed by atoms with Crippen LogP contribution in [-0.4, -0.2) is 15.7 Å². The molecule has 0 bridgehead atoms. The second kappa shape index (κ2) is 6.76. The van der Waals surface area contributed by atoms with Crippen LogP contribution in [0.5, 0.6) is 0 Å². The van der Waals surface area contributed by atoms with Gasteiger partial charge in [-0.05, 0) is 57.0 Å². The van der Waals surface area contributed by atoms with E-state index in [9.17, 15) is 4.79 Å². The fraction of sp³-hybridized carbons (Fsp3) is 0.263. The summed E-state index contributed by atoms with van der Waals surface area (Å²) in [5.41, 5.74) is 4.52. The van der Waals surface area contributed by atoms with Crippen LogP contribution in [0.3, 0.4) is 0 Å². The first-order valence-electron chi connectivity index (χ1n) is 8.02. The van der Waals surface area contributed by atoms with E-state index in [2.05, 4.69) is 10.4 Å². The number of amides is 1. The molecule has 0 spiro atoms. The van der Waals surface area contributed by atoms with Gasteiger partial charge in [0.05, 0.1) is 23.0 Å². The fourth-order valence-electron chi connectivity index (χ4n) is 2.62. The SMILES string of the molecule is Cc1ccc(C)c(NC(=O)c2ccc(Cn3nc(C)c(Cl)c3C)o2)c1. The van der Waals surface area contributed by atoms with Gasteiger partial charge < -0.3 is 9.73 Å². The molecule has 0 fully saturated rings. The van der Waals surface area contributed by atoms with Crippen molar-refractivity contribution >= 4 is 23.2 Å². The first-order valence-corrected chi connectivity index (χ1v) is 8.40. The van der Waals surface area contributed by atoms with E-state index in [1.165, 1.54) is 0 Å². The van der Waals surface area contributed by atoms with E-state index in [-0.39, 0.29) is 11.7 Å². The van der Waals surface area contributed by atoms with Crippen molar-refractivity contribution < 1.29 is 9.21 Å². The van der Waals surface area contributed by atoms with Crippen LogP contribution in [0.1, 0.15) is 38.8 Å². The Labute approximate surface area is 151 Å². The summed E-state index contributed by atoms with van der Waals surface area (Å²) in [6.07, 6.45) is 0. The quantitative estimate of drug-likeness (QED) is 0.738. The number of carbonyl (C=O) groups is 1. The third kappa shape index (κ3) is 3.61. The van der Waals surface area contributed by atoms with Crippen molar-refractivity contribution in [2.24, 2.45) is 0 Å². The minimum Gasteiger partial charge on any atom is -0.454 e. The zero-order chi connectivity index (χ0) is 18.1. The summed E-state index contributed by atoms with van der Waals surface area (Å²) < 4.78 is 7.45. The zero-order valence-electron chi connectivity index (χ0n) is 14.7. The van der Waals surface area contributed by atoms with Gasteiger partial charge >= 0.3 is 0 Å². The molecule has 6 heteroatoms. The minimum atomic E-state index is -0.272. The molecule has 3 rings (SSSR count). The third-order valence-corrected chi connectivity index (χ3v) is 4.67. The van der Waals surface area contributed by atoms with Crippen molar-refractivity contribution in [3.63, 3.8) is 0 Å². The summed E-state index contributed by atoms with van der Waals surface area (Å²) >= 11 is 6.16. The molecule has 0 radical (unpaired) electrons. The Balaban J connectivity index is 1.75. The monoisotopic (exact) mass is 357 g/mol. The third-order valence-electron chi connectivity index (χ3n) is 4.13. The average molecular weight is 358 g/mol. The molecule has 25 heavy (non-hydrogen) atoms. The van der Waals surface area contributed by atoms with Gasteiger partial charge in [-0.1, -0.05) is 23.7 Å². The van der Waals surface area contributed by atoms with E-state index in [0.29, 0.717) is 17.3 Å². The molecule has 1 aromatic carbocycles. The molecule has 0 atom stereocenters. The molecule has 0 saturated carbocycles. The number of aromatic nitrogens is 2. The molecule has 0 aliphatic rings. The van der Waals surface area contributed by atoms with Gasteiger partial charge in [-0.2, -0.15) is 5.10 Å². The Bertz CT molecular complexity index is 940. The van der Waals surface area contributed by atoms with Gasteiger partial charge in [-0.25, -0.2) is 0 Å². The second-order valence-corrected chi connectivity index (χ2v) is 6.56. The van der Waals surface area contributed by atoms with E-state index in [0.717, 1.165) is 28.2 Å². The minimum absolute atomic E-state index is 0.267. The largest absolute Gasteiger partial charge is 0.454 e. The summed E-state index contributed by atoms with van der Waals surface area (Å²) in [4.78, 5) is 12.4. The molecule has 5 nitrogen and oxygen atoms in total. The van der Waals surface area contributed by atoms with Gasteiger partial charge in [0.25, 0.3) is 5.91 Å². The number of carbonyl (C=O) groups excluding carboxylic acids is 1. The van der Waals surface area contributed by atoms with Crippen LogP contribution in [-0.2, 0) is 6.54 Å². The van der Waals surface area contributed by atoms with Crippen molar-refractivity contribution in [3.05, 3.63) is 69.4 Å². The molecule has 0 aliphatic carbocycles. The van der Waals surface area contributed by atoms with Gasteiger partial charge in [0.2, 0.25) is 0 Å². The molecule has 3 aromatic rings. The lowest BCUT2D eigenvalue weighted by atomic mass is 10.1. The molecular formula is C19H20ClN3O2. The van der Waals surface area contributed by atoms with Crippen LogP contribution in [0.4, 0.5) is 5.69 Å². The topological polar surface area (TPSA) is 60.1 Å². The van der Waals surface area contributed by atoms with Crippen LogP contribution >= 0.6 is 11.6 Å². The maximum atomic E-state index is 12.4. The lowest BCUT2D eigenvalue weighted by Crippen LogP contribution is -2.12. The Hall–Kier alpha value is -2.53. The Morgan fingerprint density at radius 3 is 2.64 bits per heavy atom. The predicted octanol–water partition coefficient (Wildman–Crippen LogP) is 4.66. The lowest BCUT2D eigenvalue weighted by Gasteiger charge is -2.08. The summed E-state index contributed by atoms with van der Waals surface area (Å²) in [5, 5.41) is 7.92. The van der Waals surface area contributed by atoms with Crippen LogP contribution in [0.15, 0.2) is 34.7 Å². The molecule has 0 unspecified atom stereocenters. The van der Waals surface area contributed by atoms with E-state index in [4.69, 9.17) is 16.0 Å². The molecular weight excluding hydrogens is 338 g/mol. The normalized spacial score (nSPS) is 10.9. The number of nitrogens with zero attached hydrogens (tertiary/aromatic N) is 2. The number of hydrogen-bond acceptors (Lipinski definition) is 3. The lowest BCUT2D eigenvalue weighted by molar-refractivity contribution is 0.0994. The molecule has 0 aliphatic heterocycles. The first-order chi connectivity index (χ1) is 11.8. The predicted molar refractivity (Wildman–Crippen MR) is 98.4 cm³/mol. The summed E-state index contributed by atoms with van der Waals surface area (Å²) in [6.45, 7) is 8.13. The number of hydrogen-bond donors (Lipinski definition) is 1. The van der Waals surface area contributed by atoms with Gasteiger partial charge in [0.1, 0.15) is 5.76 Å². The molecule has 0 saturated heterocycles. The highest BCUT2D eigenvalue weighted by molar-refractivity contribution is 6.31. The smallest absolute Gasteiger partial charge is 0.291 e. The zero-order valence-corrected chi connectivity index (χ0v) is 15.4. The van der Waals surface area contributed by atoms with Crippen LogP contribution in [0.2, 0.25) is 5.02 Å².